The van der Waals surface area contributed by atoms with Gasteiger partial charge in [0.2, 0.25) is 0 Å². The number of ether oxygens (including phenoxy) is 1. The molecule has 4 heteroatoms. The number of fused-ring (bicyclic) bond motifs is 1. The molecular weight excluding hydrogens is 286 g/mol. The van der Waals surface area contributed by atoms with Gasteiger partial charge in [-0.3, -0.25) is 9.88 Å². The van der Waals surface area contributed by atoms with Crippen LogP contribution < -0.4 is 5.32 Å². The number of para-hydroxylation sites is 1. The van der Waals surface area contributed by atoms with E-state index < -0.39 is 0 Å². The number of benzene rings is 1. The van der Waals surface area contributed by atoms with E-state index in [9.17, 15) is 0 Å². The minimum Gasteiger partial charge on any atom is -0.382 e. The minimum absolute atomic E-state index is 0.245. The number of morpholine rings is 1. The molecule has 1 aliphatic rings. The summed E-state index contributed by atoms with van der Waals surface area (Å²) in [7, 11) is 0. The highest BCUT2D eigenvalue weighted by Crippen LogP contribution is 2.23. The van der Waals surface area contributed by atoms with E-state index in [1.807, 2.05) is 13.0 Å². The predicted octanol–water partition coefficient (Wildman–Crippen LogP) is 3.31. The van der Waals surface area contributed by atoms with Crippen LogP contribution in [0.3, 0.4) is 0 Å². The summed E-state index contributed by atoms with van der Waals surface area (Å²) in [4.78, 5) is 7.11. The van der Waals surface area contributed by atoms with Crippen LogP contribution in [-0.4, -0.2) is 48.8 Å². The van der Waals surface area contributed by atoms with E-state index in [-0.39, 0.29) is 6.10 Å². The Bertz CT molecular complexity index is 656. The Morgan fingerprint density at radius 3 is 3.00 bits per heavy atom. The Labute approximate surface area is 138 Å². The standard InChI is InChI=1S/C19H27N3O/c1-14(2)12-22-8-9-23-16(13-22)11-20-19-10-15(3)21-18-7-5-4-6-17(18)19/h4-7,10,14,16H,8-9,11-13H2,1-3H3,(H,20,21). The molecule has 1 N–H and O–H groups in total. The second-order valence-corrected chi connectivity index (χ2v) is 6.86. The molecule has 1 aromatic heterocycles. The van der Waals surface area contributed by atoms with Gasteiger partial charge in [-0.1, -0.05) is 32.0 Å². The molecule has 0 spiro atoms. The molecule has 1 saturated heterocycles. The first-order chi connectivity index (χ1) is 11.1. The normalized spacial score (nSPS) is 19.4. The largest absolute Gasteiger partial charge is 0.382 e. The van der Waals surface area contributed by atoms with Crippen LogP contribution in [0.15, 0.2) is 30.3 Å². The zero-order chi connectivity index (χ0) is 16.2. The van der Waals surface area contributed by atoms with Crippen molar-refractivity contribution in [2.75, 3.05) is 38.1 Å². The molecule has 2 heterocycles. The van der Waals surface area contributed by atoms with E-state index >= 15 is 0 Å². The van der Waals surface area contributed by atoms with Gasteiger partial charge in [-0.15, -0.1) is 0 Å². The molecule has 0 aliphatic carbocycles. The number of nitrogens with zero attached hydrogens (tertiary/aromatic N) is 2. The Hall–Kier alpha value is -1.65. The van der Waals surface area contributed by atoms with Crippen molar-refractivity contribution in [2.45, 2.75) is 26.9 Å². The highest BCUT2D eigenvalue weighted by molar-refractivity contribution is 5.91. The van der Waals surface area contributed by atoms with E-state index in [1.165, 1.54) is 5.39 Å². The van der Waals surface area contributed by atoms with Crippen LogP contribution in [0.5, 0.6) is 0 Å². The first-order valence-corrected chi connectivity index (χ1v) is 8.56. The average molecular weight is 313 g/mol. The number of hydrogen-bond acceptors (Lipinski definition) is 4. The number of anilines is 1. The fourth-order valence-electron chi connectivity index (χ4n) is 3.26. The number of rotatable bonds is 5. The van der Waals surface area contributed by atoms with Crippen molar-refractivity contribution in [1.82, 2.24) is 9.88 Å². The van der Waals surface area contributed by atoms with Crippen LogP contribution in [0.1, 0.15) is 19.5 Å². The molecule has 1 unspecified atom stereocenters. The zero-order valence-electron chi connectivity index (χ0n) is 14.4. The second kappa shape index (κ2) is 7.28. The molecule has 23 heavy (non-hydrogen) atoms. The summed E-state index contributed by atoms with van der Waals surface area (Å²) in [6, 6.07) is 10.4. The third kappa shape index (κ3) is 4.21. The van der Waals surface area contributed by atoms with Gasteiger partial charge in [0, 0.05) is 42.9 Å². The summed E-state index contributed by atoms with van der Waals surface area (Å²) < 4.78 is 5.93. The van der Waals surface area contributed by atoms with Crippen molar-refractivity contribution in [2.24, 2.45) is 5.92 Å². The molecule has 1 atom stereocenters. The number of aromatic nitrogens is 1. The summed E-state index contributed by atoms with van der Waals surface area (Å²) in [6.07, 6.45) is 0.245. The topological polar surface area (TPSA) is 37.4 Å². The molecule has 0 saturated carbocycles. The molecule has 2 aromatic rings. The van der Waals surface area contributed by atoms with Gasteiger partial charge in [0.25, 0.3) is 0 Å². The van der Waals surface area contributed by atoms with Crippen LogP contribution in [0.25, 0.3) is 10.9 Å². The van der Waals surface area contributed by atoms with E-state index in [0.29, 0.717) is 5.92 Å². The first-order valence-electron chi connectivity index (χ1n) is 8.56. The van der Waals surface area contributed by atoms with Gasteiger partial charge in [0.05, 0.1) is 18.2 Å². The number of pyridine rings is 1. The van der Waals surface area contributed by atoms with Gasteiger partial charge >= 0.3 is 0 Å². The van der Waals surface area contributed by atoms with Crippen molar-refractivity contribution in [3.63, 3.8) is 0 Å². The van der Waals surface area contributed by atoms with Crippen LogP contribution >= 0.6 is 0 Å². The zero-order valence-corrected chi connectivity index (χ0v) is 14.4. The number of nitrogens with one attached hydrogen (secondary N) is 1. The highest BCUT2D eigenvalue weighted by Gasteiger charge is 2.20. The van der Waals surface area contributed by atoms with Gasteiger partial charge in [-0.25, -0.2) is 0 Å². The van der Waals surface area contributed by atoms with Gasteiger partial charge in [-0.05, 0) is 25.0 Å². The van der Waals surface area contributed by atoms with Crippen molar-refractivity contribution in [1.29, 1.82) is 0 Å². The number of hydrogen-bond donors (Lipinski definition) is 1. The first kappa shape index (κ1) is 16.2. The quantitative estimate of drug-likeness (QED) is 0.919. The third-order valence-corrected chi connectivity index (χ3v) is 4.21. The molecule has 0 radical (unpaired) electrons. The fraction of sp³-hybridized carbons (Fsp3) is 0.526. The molecule has 124 valence electrons. The summed E-state index contributed by atoms with van der Waals surface area (Å²) in [5.41, 5.74) is 3.23. The lowest BCUT2D eigenvalue weighted by Crippen LogP contribution is -2.46. The smallest absolute Gasteiger partial charge is 0.0874 e. The molecule has 1 aromatic carbocycles. The summed E-state index contributed by atoms with van der Waals surface area (Å²) in [5.74, 6) is 0.702. The van der Waals surface area contributed by atoms with E-state index in [0.717, 1.165) is 49.7 Å². The maximum atomic E-state index is 5.93. The maximum absolute atomic E-state index is 5.93. The SMILES string of the molecule is Cc1cc(NCC2CN(CC(C)C)CCO2)c2ccccc2n1. The number of aryl methyl sites for hydroxylation is 1. The lowest BCUT2D eigenvalue weighted by Gasteiger charge is -2.34. The lowest BCUT2D eigenvalue weighted by molar-refractivity contribution is -0.0244. The highest BCUT2D eigenvalue weighted by atomic mass is 16.5. The lowest BCUT2D eigenvalue weighted by atomic mass is 10.1. The second-order valence-electron chi connectivity index (χ2n) is 6.86. The molecule has 0 amide bonds. The van der Waals surface area contributed by atoms with Gasteiger partial charge < -0.3 is 10.1 Å². The molecule has 1 fully saturated rings. The minimum atomic E-state index is 0.245. The van der Waals surface area contributed by atoms with E-state index in [1.54, 1.807) is 0 Å². The molecule has 4 nitrogen and oxygen atoms in total. The van der Waals surface area contributed by atoms with Crippen molar-refractivity contribution in [3.05, 3.63) is 36.0 Å². The van der Waals surface area contributed by atoms with Gasteiger partial charge in [0.15, 0.2) is 0 Å². The van der Waals surface area contributed by atoms with Gasteiger partial charge in [0.1, 0.15) is 0 Å². The summed E-state index contributed by atoms with van der Waals surface area (Å²) in [6.45, 7) is 11.5. The van der Waals surface area contributed by atoms with E-state index in [4.69, 9.17) is 4.74 Å². The molecular formula is C19H27N3O. The monoisotopic (exact) mass is 313 g/mol. The van der Waals surface area contributed by atoms with E-state index in [2.05, 4.69) is 53.3 Å². The van der Waals surface area contributed by atoms with Crippen molar-refractivity contribution >= 4 is 16.6 Å². The Morgan fingerprint density at radius 1 is 1.35 bits per heavy atom. The van der Waals surface area contributed by atoms with Gasteiger partial charge in [-0.2, -0.15) is 0 Å². The predicted molar refractivity (Wildman–Crippen MR) is 96.0 cm³/mol. The molecule has 0 bridgehead atoms. The summed E-state index contributed by atoms with van der Waals surface area (Å²) in [5, 5.41) is 4.75. The average Bonchev–Trinajstić information content (AvgIpc) is 2.52. The van der Waals surface area contributed by atoms with Crippen LogP contribution in [-0.2, 0) is 4.74 Å². The Balaban J connectivity index is 1.66. The van der Waals surface area contributed by atoms with Crippen LogP contribution in [0.2, 0.25) is 0 Å². The van der Waals surface area contributed by atoms with Crippen LogP contribution in [0.4, 0.5) is 5.69 Å². The molecule has 1 aliphatic heterocycles. The maximum Gasteiger partial charge on any atom is 0.0874 e. The fourth-order valence-corrected chi connectivity index (χ4v) is 3.26. The Morgan fingerprint density at radius 2 is 2.17 bits per heavy atom. The third-order valence-electron chi connectivity index (χ3n) is 4.21. The molecule has 3 rings (SSSR count). The van der Waals surface area contributed by atoms with Crippen LogP contribution in [0, 0.1) is 12.8 Å². The Kier molecular flexibility index (Phi) is 5.13. The van der Waals surface area contributed by atoms with Crippen molar-refractivity contribution in [3.8, 4) is 0 Å². The summed E-state index contributed by atoms with van der Waals surface area (Å²) >= 11 is 0. The van der Waals surface area contributed by atoms with Crippen molar-refractivity contribution < 1.29 is 4.74 Å².